The van der Waals surface area contributed by atoms with Gasteiger partial charge in [-0.1, -0.05) is 30.5 Å². The van der Waals surface area contributed by atoms with Crippen molar-refractivity contribution in [2.45, 2.75) is 51.6 Å². The summed E-state index contributed by atoms with van der Waals surface area (Å²) in [5.74, 6) is -0.283. The zero-order valence-electron chi connectivity index (χ0n) is 14.4. The van der Waals surface area contributed by atoms with Crippen molar-refractivity contribution in [3.8, 4) is 0 Å². The smallest absolute Gasteiger partial charge is 0.251 e. The number of carbonyl (C=O) groups excluding carboxylic acids is 2. The molecule has 0 spiro atoms. The molecular weight excluding hydrogens is 304 g/mol. The topological polar surface area (TPSA) is 78.4 Å². The van der Waals surface area contributed by atoms with Gasteiger partial charge >= 0.3 is 0 Å². The SMILES string of the molecule is CC(C)=CC(=O)NCc1ccc(C(=O)NC2(CO)CCCC2)cc1. The number of allylic oxidation sites excluding steroid dienone is 1. The van der Waals surface area contributed by atoms with Gasteiger partial charge in [-0.2, -0.15) is 0 Å². The van der Waals surface area contributed by atoms with Crippen LogP contribution in [0.2, 0.25) is 0 Å². The fourth-order valence-corrected chi connectivity index (χ4v) is 2.96. The number of hydrogen-bond acceptors (Lipinski definition) is 3. The number of nitrogens with one attached hydrogen (secondary N) is 2. The number of hydrogen-bond donors (Lipinski definition) is 3. The monoisotopic (exact) mass is 330 g/mol. The molecule has 130 valence electrons. The van der Waals surface area contributed by atoms with Crippen LogP contribution in [0, 0.1) is 0 Å². The van der Waals surface area contributed by atoms with Crippen molar-refractivity contribution < 1.29 is 14.7 Å². The first-order valence-electron chi connectivity index (χ1n) is 8.39. The maximum Gasteiger partial charge on any atom is 0.251 e. The Bertz CT molecular complexity index is 610. The molecular formula is C19H26N2O3. The Morgan fingerprint density at radius 2 is 1.79 bits per heavy atom. The molecule has 1 aliphatic rings. The van der Waals surface area contributed by atoms with Gasteiger partial charge in [-0.05, 0) is 44.4 Å². The number of carbonyl (C=O) groups is 2. The molecule has 24 heavy (non-hydrogen) atoms. The van der Waals surface area contributed by atoms with Crippen LogP contribution in [-0.4, -0.2) is 29.1 Å². The fraction of sp³-hybridized carbons (Fsp3) is 0.474. The van der Waals surface area contributed by atoms with E-state index in [1.165, 1.54) is 0 Å². The van der Waals surface area contributed by atoms with Crippen LogP contribution in [0.25, 0.3) is 0 Å². The van der Waals surface area contributed by atoms with Crippen molar-refractivity contribution in [2.75, 3.05) is 6.61 Å². The van der Waals surface area contributed by atoms with Crippen molar-refractivity contribution >= 4 is 11.8 Å². The highest BCUT2D eigenvalue weighted by molar-refractivity contribution is 5.94. The van der Waals surface area contributed by atoms with E-state index < -0.39 is 5.54 Å². The third kappa shape index (κ3) is 4.93. The highest BCUT2D eigenvalue weighted by Crippen LogP contribution is 2.29. The maximum absolute atomic E-state index is 12.4. The molecule has 3 N–H and O–H groups in total. The Hall–Kier alpha value is -2.14. The predicted octanol–water partition coefficient (Wildman–Crippen LogP) is 2.30. The second kappa shape index (κ2) is 8.11. The second-order valence-corrected chi connectivity index (χ2v) is 6.74. The number of benzene rings is 1. The van der Waals surface area contributed by atoms with E-state index in [1.807, 2.05) is 26.0 Å². The van der Waals surface area contributed by atoms with E-state index in [0.29, 0.717) is 12.1 Å². The molecule has 5 heteroatoms. The average Bonchev–Trinajstić information content (AvgIpc) is 3.02. The molecule has 0 heterocycles. The number of aliphatic hydroxyl groups is 1. The molecule has 1 aliphatic carbocycles. The molecule has 2 rings (SSSR count). The highest BCUT2D eigenvalue weighted by atomic mass is 16.3. The minimum atomic E-state index is -0.464. The molecule has 0 bridgehead atoms. The summed E-state index contributed by atoms with van der Waals surface area (Å²) in [6.45, 7) is 4.14. The van der Waals surface area contributed by atoms with Gasteiger partial charge in [-0.15, -0.1) is 0 Å². The average molecular weight is 330 g/mol. The highest BCUT2D eigenvalue weighted by Gasteiger charge is 2.34. The van der Waals surface area contributed by atoms with Gasteiger partial charge in [0.1, 0.15) is 0 Å². The minimum absolute atomic E-state index is 0.0206. The van der Waals surface area contributed by atoms with Crippen LogP contribution in [0.4, 0.5) is 0 Å². The van der Waals surface area contributed by atoms with Gasteiger partial charge in [-0.3, -0.25) is 9.59 Å². The Balaban J connectivity index is 1.92. The van der Waals surface area contributed by atoms with Gasteiger partial charge in [0.2, 0.25) is 5.91 Å². The summed E-state index contributed by atoms with van der Waals surface area (Å²) in [5.41, 5.74) is 1.98. The largest absolute Gasteiger partial charge is 0.394 e. The molecule has 1 fully saturated rings. The third-order valence-corrected chi connectivity index (χ3v) is 4.34. The number of rotatable bonds is 6. The van der Waals surface area contributed by atoms with Crippen molar-refractivity contribution in [1.29, 1.82) is 0 Å². The van der Waals surface area contributed by atoms with Gasteiger partial charge in [0.05, 0.1) is 12.1 Å². The van der Waals surface area contributed by atoms with Crippen LogP contribution in [0.1, 0.15) is 55.5 Å². The molecule has 0 unspecified atom stereocenters. The third-order valence-electron chi connectivity index (χ3n) is 4.34. The molecule has 0 atom stereocenters. The molecule has 1 aromatic rings. The zero-order chi connectivity index (χ0) is 17.6. The summed E-state index contributed by atoms with van der Waals surface area (Å²) < 4.78 is 0. The lowest BCUT2D eigenvalue weighted by molar-refractivity contribution is -0.116. The van der Waals surface area contributed by atoms with E-state index in [-0.39, 0.29) is 18.4 Å². The fourth-order valence-electron chi connectivity index (χ4n) is 2.96. The quantitative estimate of drug-likeness (QED) is 0.700. The van der Waals surface area contributed by atoms with Crippen LogP contribution < -0.4 is 10.6 Å². The van der Waals surface area contributed by atoms with Crippen molar-refractivity contribution in [2.24, 2.45) is 0 Å². The molecule has 0 aliphatic heterocycles. The van der Waals surface area contributed by atoms with Crippen LogP contribution in [-0.2, 0) is 11.3 Å². The van der Waals surface area contributed by atoms with E-state index in [2.05, 4.69) is 10.6 Å². The Morgan fingerprint density at radius 3 is 2.33 bits per heavy atom. The Labute approximate surface area is 143 Å². The zero-order valence-corrected chi connectivity index (χ0v) is 14.4. The second-order valence-electron chi connectivity index (χ2n) is 6.74. The molecule has 1 saturated carbocycles. The normalized spacial score (nSPS) is 15.6. The Kier molecular flexibility index (Phi) is 6.15. The molecule has 1 aromatic carbocycles. The number of aliphatic hydroxyl groups excluding tert-OH is 1. The van der Waals surface area contributed by atoms with Crippen molar-refractivity contribution in [1.82, 2.24) is 10.6 Å². The predicted molar refractivity (Wildman–Crippen MR) is 93.5 cm³/mol. The van der Waals surface area contributed by atoms with Crippen molar-refractivity contribution in [3.63, 3.8) is 0 Å². The van der Waals surface area contributed by atoms with Crippen LogP contribution >= 0.6 is 0 Å². The lowest BCUT2D eigenvalue weighted by Crippen LogP contribution is -2.49. The standard InChI is InChI=1S/C19H26N2O3/c1-14(2)11-17(23)20-12-15-5-7-16(8-6-15)18(24)21-19(13-22)9-3-4-10-19/h5-8,11,22H,3-4,9-10,12-13H2,1-2H3,(H,20,23)(H,21,24). The van der Waals surface area contributed by atoms with E-state index in [9.17, 15) is 14.7 Å². The molecule has 5 nitrogen and oxygen atoms in total. The summed E-state index contributed by atoms with van der Waals surface area (Å²) >= 11 is 0. The van der Waals surface area contributed by atoms with Crippen LogP contribution in [0.5, 0.6) is 0 Å². The van der Waals surface area contributed by atoms with Crippen LogP contribution in [0.3, 0.4) is 0 Å². The van der Waals surface area contributed by atoms with E-state index in [1.54, 1.807) is 18.2 Å². The summed E-state index contributed by atoms with van der Waals surface area (Å²) in [6, 6.07) is 7.16. The minimum Gasteiger partial charge on any atom is -0.394 e. The summed E-state index contributed by atoms with van der Waals surface area (Å²) in [7, 11) is 0. The Morgan fingerprint density at radius 1 is 1.17 bits per heavy atom. The first-order valence-corrected chi connectivity index (χ1v) is 8.39. The summed E-state index contributed by atoms with van der Waals surface area (Å²) in [5, 5.41) is 15.4. The maximum atomic E-state index is 12.4. The van der Waals surface area contributed by atoms with Gasteiger partial charge in [0, 0.05) is 18.2 Å². The number of amides is 2. The van der Waals surface area contributed by atoms with E-state index in [4.69, 9.17) is 0 Å². The van der Waals surface area contributed by atoms with Crippen molar-refractivity contribution in [3.05, 3.63) is 47.0 Å². The van der Waals surface area contributed by atoms with E-state index in [0.717, 1.165) is 36.8 Å². The van der Waals surface area contributed by atoms with Gasteiger partial charge in [0.25, 0.3) is 5.91 Å². The lowest BCUT2D eigenvalue weighted by Gasteiger charge is -2.28. The molecule has 2 amide bonds. The van der Waals surface area contributed by atoms with Gasteiger partial charge in [0.15, 0.2) is 0 Å². The molecule has 0 aromatic heterocycles. The first-order chi connectivity index (χ1) is 11.4. The first kappa shape index (κ1) is 18.2. The van der Waals surface area contributed by atoms with Crippen LogP contribution in [0.15, 0.2) is 35.9 Å². The molecule has 0 saturated heterocycles. The summed E-state index contributed by atoms with van der Waals surface area (Å²) in [4.78, 5) is 24.0. The van der Waals surface area contributed by atoms with E-state index >= 15 is 0 Å². The molecule has 0 radical (unpaired) electrons. The lowest BCUT2D eigenvalue weighted by atomic mass is 9.98. The van der Waals surface area contributed by atoms with Gasteiger partial charge in [-0.25, -0.2) is 0 Å². The van der Waals surface area contributed by atoms with Gasteiger partial charge < -0.3 is 15.7 Å². The summed E-state index contributed by atoms with van der Waals surface area (Å²) in [6.07, 6.45) is 5.27.